The molecule has 20 heavy (non-hydrogen) atoms. The highest BCUT2D eigenvalue weighted by Crippen LogP contribution is 2.15. The van der Waals surface area contributed by atoms with Crippen molar-refractivity contribution >= 4 is 15.8 Å². The van der Waals surface area contributed by atoms with Crippen molar-refractivity contribution in [2.75, 3.05) is 51.9 Å². The normalized spacial score (nSPS) is 17.1. The Morgan fingerprint density at radius 3 is 2.75 bits per heavy atom. The number of H-pyrrole nitrogens is 1. The van der Waals surface area contributed by atoms with E-state index in [1.54, 1.807) is 19.2 Å². The number of anilines is 1. The summed E-state index contributed by atoms with van der Waals surface area (Å²) >= 11 is 0. The molecule has 8 heteroatoms. The summed E-state index contributed by atoms with van der Waals surface area (Å²) in [7, 11) is -1.81. The Labute approximate surface area is 118 Å². The number of hydrogen-bond acceptors (Lipinski definition) is 5. The number of morpholine rings is 1. The van der Waals surface area contributed by atoms with Crippen molar-refractivity contribution in [3.05, 3.63) is 18.3 Å². The van der Waals surface area contributed by atoms with Crippen LogP contribution in [0.4, 0.5) is 5.82 Å². The summed E-state index contributed by atoms with van der Waals surface area (Å²) < 4.78 is 36.3. The van der Waals surface area contributed by atoms with Gasteiger partial charge in [-0.1, -0.05) is 0 Å². The molecule has 7 nitrogen and oxygen atoms in total. The zero-order chi connectivity index (χ0) is 14.4. The summed E-state index contributed by atoms with van der Waals surface area (Å²) in [4.78, 5) is 3.20. The van der Waals surface area contributed by atoms with Crippen LogP contribution in [-0.4, -0.2) is 59.3 Å². The topological polar surface area (TPSA) is 82.0 Å². The van der Waals surface area contributed by atoms with Crippen LogP contribution in [0.1, 0.15) is 0 Å². The number of rotatable bonds is 6. The van der Waals surface area contributed by atoms with Gasteiger partial charge >= 0.3 is 0 Å². The van der Waals surface area contributed by atoms with Gasteiger partial charge in [-0.25, -0.2) is 13.4 Å². The van der Waals surface area contributed by atoms with Crippen LogP contribution in [0.3, 0.4) is 0 Å². The maximum atomic E-state index is 12.4. The van der Waals surface area contributed by atoms with Crippen LogP contribution in [0.25, 0.3) is 0 Å². The second kappa shape index (κ2) is 6.98. The number of methoxy groups -OCH3 is 1. The summed E-state index contributed by atoms with van der Waals surface area (Å²) in [5, 5.41) is 3.09. The van der Waals surface area contributed by atoms with Crippen LogP contribution < -0.4 is 10.3 Å². The highest BCUT2D eigenvalue weighted by Gasteiger charge is 2.27. The van der Waals surface area contributed by atoms with Gasteiger partial charge in [0.2, 0.25) is 10.0 Å². The van der Waals surface area contributed by atoms with Crippen LogP contribution in [0.5, 0.6) is 0 Å². The molecular weight excluding hydrogens is 282 g/mol. The van der Waals surface area contributed by atoms with Crippen LogP contribution >= 0.6 is 0 Å². The average Bonchev–Trinajstić information content (AvgIpc) is 2.49. The molecule has 0 aromatic carbocycles. The Balaban J connectivity index is 2.04. The molecule has 1 aromatic heterocycles. The van der Waals surface area contributed by atoms with E-state index in [9.17, 15) is 8.42 Å². The van der Waals surface area contributed by atoms with Crippen molar-refractivity contribution < 1.29 is 22.9 Å². The Bertz CT molecular complexity index is 512. The third kappa shape index (κ3) is 3.66. The van der Waals surface area contributed by atoms with Gasteiger partial charge in [-0.2, -0.15) is 4.31 Å². The first-order valence-electron chi connectivity index (χ1n) is 6.47. The van der Waals surface area contributed by atoms with Gasteiger partial charge < -0.3 is 9.47 Å². The quantitative estimate of drug-likeness (QED) is 0.722. The van der Waals surface area contributed by atoms with Gasteiger partial charge in [0.15, 0.2) is 0 Å². The third-order valence-corrected chi connectivity index (χ3v) is 4.91. The summed E-state index contributed by atoms with van der Waals surface area (Å²) in [5.41, 5.74) is 0. The molecule has 1 aromatic rings. The molecule has 1 saturated heterocycles. The molecule has 0 atom stereocenters. The molecule has 2 N–H and O–H groups in total. The van der Waals surface area contributed by atoms with Crippen molar-refractivity contribution in [2.24, 2.45) is 0 Å². The standard InChI is InChI=1S/C12H19N3O4S/c1-18-7-4-13-12-3-2-11(10-14-12)20(16,17)15-5-8-19-9-6-15/h2-3,10H,4-9H2,1H3,(H,13,14)/p+1. The number of nitrogens with one attached hydrogen (secondary N) is 2. The van der Waals surface area contributed by atoms with Crippen molar-refractivity contribution in [2.45, 2.75) is 4.90 Å². The van der Waals surface area contributed by atoms with Crippen LogP contribution in [0.2, 0.25) is 0 Å². The monoisotopic (exact) mass is 302 g/mol. The summed E-state index contributed by atoms with van der Waals surface area (Å²) in [6.07, 6.45) is 1.50. The largest absolute Gasteiger partial charge is 0.381 e. The number of aromatic amines is 1. The van der Waals surface area contributed by atoms with Gasteiger partial charge in [-0.05, 0) is 6.07 Å². The van der Waals surface area contributed by atoms with Gasteiger partial charge in [-0.3, -0.25) is 5.32 Å². The van der Waals surface area contributed by atoms with E-state index in [1.807, 2.05) is 0 Å². The number of ether oxygens (including phenoxy) is 2. The van der Waals surface area contributed by atoms with E-state index in [2.05, 4.69) is 10.3 Å². The summed E-state index contributed by atoms with van der Waals surface area (Å²) in [6, 6.07) is 3.30. The zero-order valence-electron chi connectivity index (χ0n) is 11.5. The predicted molar refractivity (Wildman–Crippen MR) is 72.9 cm³/mol. The lowest BCUT2D eigenvalue weighted by molar-refractivity contribution is -0.364. The number of hydrogen-bond donors (Lipinski definition) is 1. The summed E-state index contributed by atoms with van der Waals surface area (Å²) in [6.45, 7) is 2.93. The van der Waals surface area contributed by atoms with Gasteiger partial charge in [0.1, 0.15) is 17.6 Å². The number of pyridine rings is 1. The maximum Gasteiger partial charge on any atom is 0.272 e. The van der Waals surface area contributed by atoms with Crippen LogP contribution in [0, 0.1) is 0 Å². The lowest BCUT2D eigenvalue weighted by Crippen LogP contribution is -2.40. The second-order valence-corrected chi connectivity index (χ2v) is 6.31. The molecule has 0 unspecified atom stereocenters. The molecule has 0 radical (unpaired) electrons. The molecule has 1 aliphatic rings. The van der Waals surface area contributed by atoms with Crippen molar-refractivity contribution in [1.82, 2.24) is 4.31 Å². The molecule has 0 aliphatic carbocycles. The first kappa shape index (κ1) is 15.2. The van der Waals surface area contributed by atoms with Crippen molar-refractivity contribution in [3.63, 3.8) is 0 Å². The predicted octanol–water partition coefficient (Wildman–Crippen LogP) is -0.420. The molecule has 0 amide bonds. The molecular formula is C12H20N3O4S+. The van der Waals surface area contributed by atoms with E-state index in [1.165, 1.54) is 10.5 Å². The molecule has 0 saturated carbocycles. The molecule has 0 spiro atoms. The molecule has 1 fully saturated rings. The number of nitrogens with zero attached hydrogens (tertiary/aromatic N) is 1. The second-order valence-electron chi connectivity index (χ2n) is 4.37. The van der Waals surface area contributed by atoms with E-state index in [0.717, 1.165) is 5.82 Å². The molecule has 2 heterocycles. The van der Waals surface area contributed by atoms with E-state index < -0.39 is 10.0 Å². The van der Waals surface area contributed by atoms with Crippen molar-refractivity contribution in [1.29, 1.82) is 0 Å². The summed E-state index contributed by atoms with van der Waals surface area (Å²) in [5.74, 6) is 0.753. The molecule has 1 aliphatic heterocycles. The molecule has 112 valence electrons. The lowest BCUT2D eigenvalue weighted by Gasteiger charge is -2.25. The van der Waals surface area contributed by atoms with E-state index in [0.29, 0.717) is 39.5 Å². The zero-order valence-corrected chi connectivity index (χ0v) is 12.3. The van der Waals surface area contributed by atoms with E-state index in [4.69, 9.17) is 9.47 Å². The van der Waals surface area contributed by atoms with E-state index in [-0.39, 0.29) is 4.90 Å². The van der Waals surface area contributed by atoms with Crippen LogP contribution in [0.15, 0.2) is 23.2 Å². The Kier molecular flexibility index (Phi) is 5.30. The fraction of sp³-hybridized carbons (Fsp3) is 0.583. The fourth-order valence-electron chi connectivity index (χ4n) is 1.90. The third-order valence-electron chi connectivity index (χ3n) is 3.01. The first-order valence-corrected chi connectivity index (χ1v) is 7.91. The maximum absolute atomic E-state index is 12.4. The minimum atomic E-state index is -3.43. The van der Waals surface area contributed by atoms with Gasteiger partial charge in [0.05, 0.1) is 19.8 Å². The SMILES string of the molecule is COCCNc1ccc(S(=O)(=O)N2CCOCC2)c[nH+]1. The molecule has 0 bridgehead atoms. The van der Waals surface area contributed by atoms with Crippen molar-refractivity contribution in [3.8, 4) is 0 Å². The smallest absolute Gasteiger partial charge is 0.272 e. The fourth-order valence-corrected chi connectivity index (χ4v) is 3.28. The Hall–Kier alpha value is -1.22. The van der Waals surface area contributed by atoms with Crippen LogP contribution in [-0.2, 0) is 19.5 Å². The van der Waals surface area contributed by atoms with Gasteiger partial charge in [0, 0.05) is 26.3 Å². The first-order chi connectivity index (χ1) is 9.64. The van der Waals surface area contributed by atoms with Gasteiger partial charge in [-0.15, -0.1) is 0 Å². The number of sulfonamides is 1. The minimum Gasteiger partial charge on any atom is -0.381 e. The van der Waals surface area contributed by atoms with E-state index >= 15 is 0 Å². The average molecular weight is 302 g/mol. The highest BCUT2D eigenvalue weighted by atomic mass is 32.2. The highest BCUT2D eigenvalue weighted by molar-refractivity contribution is 7.89. The van der Waals surface area contributed by atoms with Gasteiger partial charge in [0.25, 0.3) is 5.82 Å². The number of aromatic nitrogens is 1. The Morgan fingerprint density at radius 1 is 1.40 bits per heavy atom. The molecule has 2 rings (SSSR count). The Morgan fingerprint density at radius 2 is 2.15 bits per heavy atom. The minimum absolute atomic E-state index is 0.261. The lowest BCUT2D eigenvalue weighted by atomic mass is 10.4.